The number of nitrogens with one attached hydrogen (secondary N) is 1. The third-order valence-electron chi connectivity index (χ3n) is 6.08. The van der Waals surface area contributed by atoms with Crippen molar-refractivity contribution in [2.24, 2.45) is 23.7 Å². The minimum atomic E-state index is -0.364. The number of hydrogen-bond acceptors (Lipinski definition) is 4. The topological polar surface area (TPSA) is 67.8 Å². The Morgan fingerprint density at radius 3 is 2.80 bits per heavy atom. The molecule has 0 aromatic rings. The van der Waals surface area contributed by atoms with Crippen molar-refractivity contribution in [3.05, 3.63) is 11.8 Å². The van der Waals surface area contributed by atoms with E-state index in [2.05, 4.69) is 19.2 Å². The Bertz CT molecular complexity index is 490. The number of rotatable bonds is 8. The van der Waals surface area contributed by atoms with Crippen LogP contribution in [0.4, 0.5) is 0 Å². The molecule has 5 heteroatoms. The van der Waals surface area contributed by atoms with E-state index in [1.807, 2.05) is 6.08 Å². The molecule has 0 aromatic heterocycles. The molecule has 142 valence electrons. The highest BCUT2D eigenvalue weighted by atomic mass is 16.7. The van der Waals surface area contributed by atoms with Gasteiger partial charge in [-0.15, -0.1) is 0 Å². The van der Waals surface area contributed by atoms with E-state index in [9.17, 15) is 4.79 Å². The van der Waals surface area contributed by atoms with Gasteiger partial charge in [0.1, 0.15) is 0 Å². The molecule has 2 aliphatic carbocycles. The number of aliphatic hydroxyl groups excluding tert-OH is 1. The second kappa shape index (κ2) is 8.54. The standard InChI is InChI=1S/C20H33NO4/c1-13(2)16-11-18(25-19(12-16)24-8-4-3-7-22)20(23)21-17-10-14-5-6-15(17)9-14/h11,13-17,19,22H,3-10,12H2,1-2H3,(H,21,23)/t14?,15?,16-,17?,19+/m0/s1. The van der Waals surface area contributed by atoms with Crippen molar-refractivity contribution in [3.8, 4) is 0 Å². The van der Waals surface area contributed by atoms with E-state index in [1.165, 1.54) is 19.3 Å². The number of unbranched alkanes of at least 4 members (excludes halogenated alkanes) is 1. The fourth-order valence-electron chi connectivity index (χ4n) is 4.50. The molecule has 5 nitrogen and oxygen atoms in total. The molecule has 5 atom stereocenters. The van der Waals surface area contributed by atoms with Crippen molar-refractivity contribution in [1.29, 1.82) is 0 Å². The summed E-state index contributed by atoms with van der Waals surface area (Å²) in [4.78, 5) is 12.7. The number of aliphatic hydroxyl groups is 1. The summed E-state index contributed by atoms with van der Waals surface area (Å²) in [7, 11) is 0. The van der Waals surface area contributed by atoms with Gasteiger partial charge in [0.05, 0.1) is 6.61 Å². The first-order chi connectivity index (χ1) is 12.1. The first kappa shape index (κ1) is 18.7. The van der Waals surface area contributed by atoms with Crippen LogP contribution >= 0.6 is 0 Å². The molecule has 3 rings (SSSR count). The summed E-state index contributed by atoms with van der Waals surface area (Å²) in [6.07, 6.45) is 8.91. The van der Waals surface area contributed by atoms with Crippen LogP contribution in [0.15, 0.2) is 11.8 Å². The van der Waals surface area contributed by atoms with Gasteiger partial charge in [-0.25, -0.2) is 0 Å². The minimum absolute atomic E-state index is 0.0770. The van der Waals surface area contributed by atoms with E-state index < -0.39 is 0 Å². The van der Waals surface area contributed by atoms with Crippen LogP contribution < -0.4 is 5.32 Å². The summed E-state index contributed by atoms with van der Waals surface area (Å²) in [5.41, 5.74) is 0. The molecular formula is C20H33NO4. The molecule has 3 aliphatic rings. The number of fused-ring (bicyclic) bond motifs is 2. The molecule has 2 bridgehead atoms. The Morgan fingerprint density at radius 1 is 1.32 bits per heavy atom. The average Bonchev–Trinajstić information content (AvgIpc) is 3.21. The molecule has 0 spiro atoms. The van der Waals surface area contributed by atoms with Gasteiger partial charge >= 0.3 is 0 Å². The van der Waals surface area contributed by atoms with Crippen molar-refractivity contribution in [2.45, 2.75) is 71.1 Å². The molecule has 25 heavy (non-hydrogen) atoms. The molecule has 3 unspecified atom stereocenters. The molecule has 1 heterocycles. The summed E-state index contributed by atoms with van der Waals surface area (Å²) in [6, 6.07) is 0.319. The smallest absolute Gasteiger partial charge is 0.286 e. The number of amides is 1. The van der Waals surface area contributed by atoms with E-state index in [1.54, 1.807) is 0 Å². The Balaban J connectivity index is 1.56. The second-order valence-corrected chi connectivity index (χ2v) is 8.28. The number of carbonyl (C=O) groups is 1. The van der Waals surface area contributed by atoms with Gasteiger partial charge in [0, 0.05) is 19.1 Å². The van der Waals surface area contributed by atoms with Crippen molar-refractivity contribution in [2.75, 3.05) is 13.2 Å². The van der Waals surface area contributed by atoms with Crippen molar-refractivity contribution < 1.29 is 19.4 Å². The zero-order valence-electron chi connectivity index (χ0n) is 15.6. The predicted octanol–water partition coefficient (Wildman–Crippen LogP) is 2.98. The van der Waals surface area contributed by atoms with Gasteiger partial charge in [0.15, 0.2) is 5.76 Å². The van der Waals surface area contributed by atoms with Crippen LogP contribution in [0.25, 0.3) is 0 Å². The lowest BCUT2D eigenvalue weighted by molar-refractivity contribution is -0.151. The van der Waals surface area contributed by atoms with E-state index >= 15 is 0 Å². The number of allylic oxidation sites excluding steroid dienone is 1. The Kier molecular flexibility index (Phi) is 6.39. The van der Waals surface area contributed by atoms with Gasteiger partial charge in [-0.1, -0.05) is 20.3 Å². The first-order valence-corrected chi connectivity index (χ1v) is 9.98. The lowest BCUT2D eigenvalue weighted by atomic mass is 9.90. The highest BCUT2D eigenvalue weighted by molar-refractivity contribution is 5.91. The van der Waals surface area contributed by atoms with Crippen LogP contribution in [0.2, 0.25) is 0 Å². The van der Waals surface area contributed by atoms with Crippen LogP contribution in [0.1, 0.15) is 58.8 Å². The van der Waals surface area contributed by atoms with Gasteiger partial charge in [0.25, 0.3) is 5.91 Å². The molecule has 1 amide bonds. The zero-order valence-corrected chi connectivity index (χ0v) is 15.6. The molecular weight excluding hydrogens is 318 g/mol. The number of hydrogen-bond donors (Lipinski definition) is 2. The summed E-state index contributed by atoms with van der Waals surface area (Å²) < 4.78 is 11.7. The molecule has 0 aromatic carbocycles. The normalized spacial score (nSPS) is 34.1. The highest BCUT2D eigenvalue weighted by Crippen LogP contribution is 2.44. The number of ether oxygens (including phenoxy) is 2. The predicted molar refractivity (Wildman–Crippen MR) is 95.6 cm³/mol. The quantitative estimate of drug-likeness (QED) is 0.660. The van der Waals surface area contributed by atoms with Crippen molar-refractivity contribution in [3.63, 3.8) is 0 Å². The fourth-order valence-corrected chi connectivity index (χ4v) is 4.50. The first-order valence-electron chi connectivity index (χ1n) is 9.98. The minimum Gasteiger partial charge on any atom is -0.459 e. The summed E-state index contributed by atoms with van der Waals surface area (Å²) in [6.45, 7) is 5.07. The van der Waals surface area contributed by atoms with Crippen LogP contribution in [-0.2, 0) is 14.3 Å². The van der Waals surface area contributed by atoms with Gasteiger partial charge in [-0.3, -0.25) is 4.79 Å². The van der Waals surface area contributed by atoms with Gasteiger partial charge in [0.2, 0.25) is 6.29 Å². The Morgan fingerprint density at radius 2 is 2.16 bits per heavy atom. The zero-order chi connectivity index (χ0) is 17.8. The Hall–Kier alpha value is -1.07. The third-order valence-corrected chi connectivity index (χ3v) is 6.08. The monoisotopic (exact) mass is 351 g/mol. The summed E-state index contributed by atoms with van der Waals surface area (Å²) >= 11 is 0. The average molecular weight is 351 g/mol. The maximum atomic E-state index is 12.7. The maximum absolute atomic E-state index is 12.7. The van der Waals surface area contributed by atoms with Gasteiger partial charge in [-0.05, 0) is 61.9 Å². The Labute approximate surface area is 151 Å². The molecule has 2 saturated carbocycles. The largest absolute Gasteiger partial charge is 0.459 e. The van der Waals surface area contributed by atoms with Crippen molar-refractivity contribution >= 4 is 5.91 Å². The summed E-state index contributed by atoms with van der Waals surface area (Å²) in [5, 5.41) is 12.1. The molecule has 2 N–H and O–H groups in total. The molecule has 0 radical (unpaired) electrons. The third kappa shape index (κ3) is 4.76. The van der Waals surface area contributed by atoms with E-state index in [4.69, 9.17) is 14.6 Å². The maximum Gasteiger partial charge on any atom is 0.286 e. The van der Waals surface area contributed by atoms with Crippen LogP contribution in [0.3, 0.4) is 0 Å². The SMILES string of the molecule is CC(C)[C@H]1C=C(C(=O)NC2CC3CCC2C3)O[C@@H](OCCCCO)C1. The lowest BCUT2D eigenvalue weighted by Gasteiger charge is -2.32. The highest BCUT2D eigenvalue weighted by Gasteiger charge is 2.41. The second-order valence-electron chi connectivity index (χ2n) is 8.28. The summed E-state index contributed by atoms with van der Waals surface area (Å²) in [5.74, 6) is 2.55. The van der Waals surface area contributed by atoms with E-state index in [0.29, 0.717) is 30.2 Å². The van der Waals surface area contributed by atoms with Gasteiger partial charge < -0.3 is 19.9 Å². The molecule has 2 fully saturated rings. The van der Waals surface area contributed by atoms with E-state index in [-0.39, 0.29) is 24.7 Å². The van der Waals surface area contributed by atoms with Gasteiger partial charge in [-0.2, -0.15) is 0 Å². The molecule has 0 saturated heterocycles. The van der Waals surface area contributed by atoms with Crippen LogP contribution in [0, 0.1) is 23.7 Å². The van der Waals surface area contributed by atoms with Crippen LogP contribution in [0.5, 0.6) is 0 Å². The van der Waals surface area contributed by atoms with Crippen molar-refractivity contribution in [1.82, 2.24) is 5.32 Å². The van der Waals surface area contributed by atoms with Crippen LogP contribution in [-0.4, -0.2) is 36.6 Å². The number of carbonyl (C=O) groups excluding carboxylic acids is 1. The molecule has 1 aliphatic heterocycles. The van der Waals surface area contributed by atoms with E-state index in [0.717, 1.165) is 31.6 Å². The lowest BCUT2D eigenvalue weighted by Crippen LogP contribution is -2.41. The fraction of sp³-hybridized carbons (Fsp3) is 0.850.